The minimum atomic E-state index is -0.694. The van der Waals surface area contributed by atoms with E-state index >= 15 is 0 Å². The molecule has 2 aliphatic rings. The highest BCUT2D eigenvalue weighted by Gasteiger charge is 2.43. The van der Waals surface area contributed by atoms with Crippen LogP contribution in [0.3, 0.4) is 0 Å². The topological polar surface area (TPSA) is 106 Å². The van der Waals surface area contributed by atoms with Crippen LogP contribution in [-0.4, -0.2) is 86.4 Å². The number of esters is 1. The van der Waals surface area contributed by atoms with Gasteiger partial charge < -0.3 is 14.2 Å². The molecule has 0 spiro atoms. The normalized spacial score (nSPS) is 17.8. The van der Waals surface area contributed by atoms with Gasteiger partial charge in [0.05, 0.1) is 37.9 Å². The monoisotopic (exact) mass is 571 g/mol. The minimum absolute atomic E-state index is 0.125. The van der Waals surface area contributed by atoms with Gasteiger partial charge in [0.15, 0.2) is 23.9 Å². The van der Waals surface area contributed by atoms with Gasteiger partial charge in [-0.05, 0) is 48.0 Å². The van der Waals surface area contributed by atoms with Gasteiger partial charge in [-0.15, -0.1) is 0 Å². The quantitative estimate of drug-likeness (QED) is 0.206. The number of ketones is 1. The highest BCUT2D eigenvalue weighted by atomic mass is 16.5. The van der Waals surface area contributed by atoms with Crippen LogP contribution in [0.4, 0.5) is 5.69 Å². The summed E-state index contributed by atoms with van der Waals surface area (Å²) < 4.78 is 15.6. The van der Waals surface area contributed by atoms with E-state index in [-0.39, 0.29) is 23.8 Å². The number of benzene rings is 3. The Morgan fingerprint density at radius 1 is 0.810 bits per heavy atom. The zero-order valence-corrected chi connectivity index (χ0v) is 23.7. The van der Waals surface area contributed by atoms with Gasteiger partial charge in [-0.3, -0.25) is 24.2 Å². The third-order valence-electron chi connectivity index (χ3n) is 7.62. The number of hydrogen-bond donors (Lipinski definition) is 0. The third-order valence-corrected chi connectivity index (χ3v) is 7.62. The predicted molar refractivity (Wildman–Crippen MR) is 155 cm³/mol. The van der Waals surface area contributed by atoms with Crippen LogP contribution in [-0.2, 0) is 20.9 Å². The fourth-order valence-corrected chi connectivity index (χ4v) is 5.30. The number of carbonyl (C=O) groups excluding carboxylic acids is 4. The van der Waals surface area contributed by atoms with Crippen molar-refractivity contribution in [2.45, 2.75) is 19.0 Å². The first-order chi connectivity index (χ1) is 20.4. The van der Waals surface area contributed by atoms with Crippen molar-refractivity contribution in [3.8, 4) is 11.5 Å². The molecule has 1 atom stereocenters. The van der Waals surface area contributed by atoms with E-state index in [0.29, 0.717) is 35.8 Å². The summed E-state index contributed by atoms with van der Waals surface area (Å²) in [4.78, 5) is 57.0. The molecule has 0 bridgehead atoms. The van der Waals surface area contributed by atoms with Crippen LogP contribution < -0.4 is 14.4 Å². The van der Waals surface area contributed by atoms with Crippen molar-refractivity contribution in [2.24, 2.45) is 0 Å². The highest BCUT2D eigenvalue weighted by molar-refractivity contribution is 6.22. The van der Waals surface area contributed by atoms with Crippen LogP contribution in [0.15, 0.2) is 72.8 Å². The number of piperazine rings is 1. The second-order valence-electron chi connectivity index (χ2n) is 10.2. The number of methoxy groups -OCH3 is 2. The molecule has 42 heavy (non-hydrogen) atoms. The van der Waals surface area contributed by atoms with Gasteiger partial charge in [0, 0.05) is 38.3 Å². The lowest BCUT2D eigenvalue weighted by Crippen LogP contribution is -2.52. The summed E-state index contributed by atoms with van der Waals surface area (Å²) in [6.45, 7) is 3.45. The molecule has 2 heterocycles. The second-order valence-corrected chi connectivity index (χ2v) is 10.2. The summed E-state index contributed by atoms with van der Waals surface area (Å²) in [5, 5.41) is 0. The molecule has 0 radical (unpaired) electrons. The molecule has 3 aromatic carbocycles. The first kappa shape index (κ1) is 29.0. The first-order valence-corrected chi connectivity index (χ1v) is 13.8. The summed E-state index contributed by atoms with van der Waals surface area (Å²) in [6, 6.07) is 20.5. The standard InChI is InChI=1S/C32H33N3O7/c1-40-28-13-10-24(18-29(28)41-2)27(36)21-42-32(39)23-8-11-25(12-9-23)35-30(37)19-26(31(35)38)34-16-14-33(15-17-34)20-22-6-4-3-5-7-22/h3-13,18,26H,14-17,19-21H2,1-2H3. The largest absolute Gasteiger partial charge is 0.493 e. The van der Waals surface area contributed by atoms with Crippen molar-refractivity contribution in [1.29, 1.82) is 0 Å². The molecule has 0 aromatic heterocycles. The van der Waals surface area contributed by atoms with Crippen LogP contribution in [0.1, 0.15) is 32.7 Å². The predicted octanol–water partition coefficient (Wildman–Crippen LogP) is 3.19. The second kappa shape index (κ2) is 13.0. The van der Waals surface area contributed by atoms with Gasteiger partial charge in [0.25, 0.3) is 5.91 Å². The van der Waals surface area contributed by atoms with Crippen molar-refractivity contribution >= 4 is 29.3 Å². The Labute approximate surface area is 244 Å². The van der Waals surface area contributed by atoms with Crippen molar-refractivity contribution in [2.75, 3.05) is 51.9 Å². The van der Waals surface area contributed by atoms with Crippen molar-refractivity contribution < 1.29 is 33.4 Å². The SMILES string of the molecule is COc1ccc(C(=O)COC(=O)c2ccc(N3C(=O)CC(N4CCN(Cc5ccccc5)CC4)C3=O)cc2)cc1OC. The molecule has 1 unspecified atom stereocenters. The smallest absolute Gasteiger partial charge is 0.338 e. The van der Waals surface area contributed by atoms with E-state index in [1.165, 1.54) is 42.9 Å². The lowest BCUT2D eigenvalue weighted by atomic mass is 10.1. The number of anilines is 1. The molecule has 218 valence electrons. The molecular formula is C32H33N3O7. The molecule has 10 nitrogen and oxygen atoms in total. The Morgan fingerprint density at radius 2 is 1.48 bits per heavy atom. The average Bonchev–Trinajstić information content (AvgIpc) is 3.33. The molecule has 2 fully saturated rings. The number of amides is 2. The molecule has 3 aromatic rings. The summed E-state index contributed by atoms with van der Waals surface area (Å²) >= 11 is 0. The Morgan fingerprint density at radius 3 is 2.14 bits per heavy atom. The Balaban J connectivity index is 1.14. The third kappa shape index (κ3) is 6.35. The van der Waals surface area contributed by atoms with Crippen molar-refractivity contribution in [3.05, 3.63) is 89.5 Å². The number of nitrogens with zero attached hydrogens (tertiary/aromatic N) is 3. The summed E-state index contributed by atoms with van der Waals surface area (Å²) in [6.07, 6.45) is 0.125. The highest BCUT2D eigenvalue weighted by Crippen LogP contribution is 2.29. The van der Waals surface area contributed by atoms with E-state index in [4.69, 9.17) is 14.2 Å². The number of carbonyl (C=O) groups is 4. The lowest BCUT2D eigenvalue weighted by molar-refractivity contribution is -0.123. The van der Waals surface area contributed by atoms with E-state index in [2.05, 4.69) is 21.9 Å². The van der Waals surface area contributed by atoms with Crippen LogP contribution in [0.25, 0.3) is 0 Å². The van der Waals surface area contributed by atoms with Crippen LogP contribution in [0, 0.1) is 0 Å². The van der Waals surface area contributed by atoms with Gasteiger partial charge >= 0.3 is 5.97 Å². The molecule has 5 rings (SSSR count). The molecular weight excluding hydrogens is 538 g/mol. The summed E-state index contributed by atoms with van der Waals surface area (Å²) in [5.41, 5.74) is 2.16. The Bertz CT molecular complexity index is 1450. The summed E-state index contributed by atoms with van der Waals surface area (Å²) in [7, 11) is 2.96. The zero-order chi connectivity index (χ0) is 29.6. The number of Topliss-reactive ketones (excluding diaryl/α,β-unsaturated/α-hetero) is 1. The van der Waals surface area contributed by atoms with Gasteiger partial charge in [0.2, 0.25) is 5.91 Å². The molecule has 0 saturated carbocycles. The number of imide groups is 1. The molecule has 2 aliphatic heterocycles. The maximum atomic E-state index is 13.3. The minimum Gasteiger partial charge on any atom is -0.493 e. The molecule has 0 aliphatic carbocycles. The fraction of sp³-hybridized carbons (Fsp3) is 0.312. The van der Waals surface area contributed by atoms with Crippen LogP contribution in [0.5, 0.6) is 11.5 Å². The Hall–Kier alpha value is -4.54. The molecule has 2 amide bonds. The molecule has 0 N–H and O–H groups in total. The average molecular weight is 572 g/mol. The molecule has 10 heteroatoms. The zero-order valence-electron chi connectivity index (χ0n) is 23.7. The van der Waals surface area contributed by atoms with Crippen molar-refractivity contribution in [1.82, 2.24) is 9.80 Å². The fourth-order valence-electron chi connectivity index (χ4n) is 5.30. The van der Waals surface area contributed by atoms with Crippen LogP contribution in [0.2, 0.25) is 0 Å². The van der Waals surface area contributed by atoms with E-state index < -0.39 is 24.4 Å². The van der Waals surface area contributed by atoms with Gasteiger partial charge in [-0.1, -0.05) is 30.3 Å². The van der Waals surface area contributed by atoms with Gasteiger partial charge in [-0.2, -0.15) is 0 Å². The van der Waals surface area contributed by atoms with E-state index in [1.807, 2.05) is 18.2 Å². The maximum Gasteiger partial charge on any atom is 0.338 e. The molecule has 2 saturated heterocycles. The van der Waals surface area contributed by atoms with Gasteiger partial charge in [-0.25, -0.2) is 9.69 Å². The number of rotatable bonds is 10. The first-order valence-electron chi connectivity index (χ1n) is 13.8. The lowest BCUT2D eigenvalue weighted by Gasteiger charge is -2.37. The van der Waals surface area contributed by atoms with E-state index in [1.54, 1.807) is 24.3 Å². The van der Waals surface area contributed by atoms with Crippen molar-refractivity contribution in [3.63, 3.8) is 0 Å². The maximum absolute atomic E-state index is 13.3. The van der Waals surface area contributed by atoms with Gasteiger partial charge in [0.1, 0.15) is 0 Å². The number of hydrogen-bond acceptors (Lipinski definition) is 9. The number of ether oxygens (including phenoxy) is 3. The van der Waals surface area contributed by atoms with E-state index in [0.717, 1.165) is 19.6 Å². The summed E-state index contributed by atoms with van der Waals surface area (Å²) in [5.74, 6) is -0.751. The van der Waals surface area contributed by atoms with E-state index in [9.17, 15) is 19.2 Å². The van der Waals surface area contributed by atoms with Crippen LogP contribution >= 0.6 is 0 Å². The Kier molecular flexibility index (Phi) is 8.94.